The number of aliphatic carboxylic acids is 1. The van der Waals surface area contributed by atoms with Crippen LogP contribution in [0.3, 0.4) is 0 Å². The molecule has 0 amide bonds. The average molecular weight is 227 g/mol. The highest BCUT2D eigenvalue weighted by molar-refractivity contribution is 7.09. The van der Waals surface area contributed by atoms with Crippen LogP contribution in [-0.2, 0) is 4.79 Å². The molecule has 0 spiro atoms. The second kappa shape index (κ2) is 3.77. The van der Waals surface area contributed by atoms with E-state index in [4.69, 9.17) is 5.11 Å². The summed E-state index contributed by atoms with van der Waals surface area (Å²) >= 11 is 1.27. The minimum atomic E-state index is -0.810. The minimum absolute atomic E-state index is 0.337. The van der Waals surface area contributed by atoms with Gasteiger partial charge in [-0.1, -0.05) is 0 Å². The lowest BCUT2D eigenvalue weighted by Gasteiger charge is -2.24. The van der Waals surface area contributed by atoms with Gasteiger partial charge < -0.3 is 10.0 Å². The van der Waals surface area contributed by atoms with Crippen LogP contribution in [0.1, 0.15) is 25.6 Å². The van der Waals surface area contributed by atoms with Crippen molar-refractivity contribution in [2.45, 2.75) is 38.8 Å². The molecule has 1 fully saturated rings. The molecule has 1 aliphatic rings. The Morgan fingerprint density at radius 1 is 1.67 bits per heavy atom. The smallest absolute Gasteiger partial charge is 0.326 e. The Morgan fingerprint density at radius 3 is 2.73 bits per heavy atom. The van der Waals surface area contributed by atoms with E-state index in [2.05, 4.69) is 9.36 Å². The Kier molecular flexibility index (Phi) is 2.60. The van der Waals surface area contributed by atoms with E-state index in [1.54, 1.807) is 6.92 Å². The van der Waals surface area contributed by atoms with E-state index in [9.17, 15) is 4.79 Å². The van der Waals surface area contributed by atoms with Crippen LogP contribution in [0.15, 0.2) is 0 Å². The molecule has 1 atom stereocenters. The van der Waals surface area contributed by atoms with Crippen molar-refractivity contribution in [3.05, 3.63) is 5.82 Å². The molecule has 0 aromatic carbocycles. The first-order chi connectivity index (χ1) is 7.09. The highest BCUT2D eigenvalue weighted by Crippen LogP contribution is 2.34. The van der Waals surface area contributed by atoms with Crippen molar-refractivity contribution in [1.82, 2.24) is 9.36 Å². The molecule has 15 heavy (non-hydrogen) atoms. The predicted octanol–water partition coefficient (Wildman–Crippen LogP) is 1.29. The van der Waals surface area contributed by atoms with Crippen LogP contribution in [-0.4, -0.2) is 32.5 Å². The zero-order valence-electron chi connectivity index (χ0n) is 8.67. The summed E-state index contributed by atoms with van der Waals surface area (Å²) in [5.74, 6) is -0.104. The number of rotatable bonds is 4. The van der Waals surface area contributed by atoms with Gasteiger partial charge in [0.2, 0.25) is 5.13 Å². The lowest BCUT2D eigenvalue weighted by Crippen LogP contribution is -2.40. The molecule has 0 bridgehead atoms. The highest BCUT2D eigenvalue weighted by Gasteiger charge is 2.36. The van der Waals surface area contributed by atoms with Crippen LogP contribution < -0.4 is 4.90 Å². The molecular weight excluding hydrogens is 214 g/mol. The van der Waals surface area contributed by atoms with Crippen LogP contribution in [0.4, 0.5) is 5.13 Å². The number of carboxylic acids is 1. The molecular formula is C9H13N3O2S. The van der Waals surface area contributed by atoms with Crippen molar-refractivity contribution >= 4 is 22.6 Å². The number of hydrogen-bond donors (Lipinski definition) is 1. The maximum atomic E-state index is 11.0. The third-order valence-electron chi connectivity index (χ3n) is 2.45. The summed E-state index contributed by atoms with van der Waals surface area (Å²) in [4.78, 5) is 17.1. The van der Waals surface area contributed by atoms with Crippen molar-refractivity contribution in [2.24, 2.45) is 0 Å². The number of nitrogens with zero attached hydrogens (tertiary/aromatic N) is 3. The number of aromatic nitrogens is 2. The zero-order chi connectivity index (χ0) is 11.0. The summed E-state index contributed by atoms with van der Waals surface area (Å²) in [6.45, 7) is 3.51. The monoisotopic (exact) mass is 227 g/mol. The van der Waals surface area contributed by atoms with Gasteiger partial charge in [-0.3, -0.25) is 0 Å². The Labute approximate surface area is 91.9 Å². The van der Waals surface area contributed by atoms with Crippen molar-refractivity contribution in [2.75, 3.05) is 4.90 Å². The zero-order valence-corrected chi connectivity index (χ0v) is 9.49. The van der Waals surface area contributed by atoms with Crippen LogP contribution in [0.25, 0.3) is 0 Å². The van der Waals surface area contributed by atoms with Crippen molar-refractivity contribution in [1.29, 1.82) is 0 Å². The molecule has 82 valence electrons. The lowest BCUT2D eigenvalue weighted by atomic mass is 10.3. The normalized spacial score (nSPS) is 17.5. The third kappa shape index (κ3) is 2.09. The molecule has 6 heteroatoms. The minimum Gasteiger partial charge on any atom is -0.480 e. The average Bonchev–Trinajstić information content (AvgIpc) is 2.90. The second-order valence-corrected chi connectivity index (χ2v) is 4.51. The summed E-state index contributed by atoms with van der Waals surface area (Å²) in [6.07, 6.45) is 2.10. The molecule has 1 aliphatic carbocycles. The van der Waals surface area contributed by atoms with Gasteiger partial charge in [-0.05, 0) is 26.7 Å². The Hall–Kier alpha value is -1.17. The van der Waals surface area contributed by atoms with E-state index in [-0.39, 0.29) is 0 Å². The van der Waals surface area contributed by atoms with Crippen molar-refractivity contribution in [3.8, 4) is 0 Å². The summed E-state index contributed by atoms with van der Waals surface area (Å²) < 4.78 is 4.09. The van der Waals surface area contributed by atoms with Gasteiger partial charge in [0.15, 0.2) is 0 Å². The van der Waals surface area contributed by atoms with Gasteiger partial charge >= 0.3 is 5.97 Å². The van der Waals surface area contributed by atoms with E-state index in [0.717, 1.165) is 18.0 Å². The number of carbonyl (C=O) groups is 1. The molecule has 1 aromatic heterocycles. The fraction of sp³-hybridized carbons (Fsp3) is 0.667. The molecule has 1 aromatic rings. The fourth-order valence-corrected chi connectivity index (χ4v) is 2.33. The van der Waals surface area contributed by atoms with Gasteiger partial charge in [0, 0.05) is 17.6 Å². The molecule has 0 aliphatic heterocycles. The highest BCUT2D eigenvalue weighted by atomic mass is 32.1. The first kappa shape index (κ1) is 10.4. The standard InChI is InChI=1S/C9H13N3O2S/c1-5(8(13)14)12(7-3-4-7)9-10-6(2)11-15-9/h5,7H,3-4H2,1-2H3,(H,13,14). The van der Waals surface area contributed by atoms with Gasteiger partial charge in [0.1, 0.15) is 11.9 Å². The van der Waals surface area contributed by atoms with Gasteiger partial charge in [-0.15, -0.1) is 0 Å². The summed E-state index contributed by atoms with van der Waals surface area (Å²) in [5, 5.41) is 9.74. The number of aryl methyl sites for hydroxylation is 1. The molecule has 0 radical (unpaired) electrons. The Balaban J connectivity index is 2.23. The number of hydrogen-bond acceptors (Lipinski definition) is 5. The summed E-state index contributed by atoms with van der Waals surface area (Å²) in [7, 11) is 0. The predicted molar refractivity (Wildman–Crippen MR) is 57.2 cm³/mol. The van der Waals surface area contributed by atoms with E-state index in [0.29, 0.717) is 11.9 Å². The van der Waals surface area contributed by atoms with E-state index < -0.39 is 12.0 Å². The molecule has 2 rings (SSSR count). The maximum Gasteiger partial charge on any atom is 0.326 e. The quantitative estimate of drug-likeness (QED) is 0.839. The third-order valence-corrected chi connectivity index (χ3v) is 3.27. The summed E-state index contributed by atoms with van der Waals surface area (Å²) in [5.41, 5.74) is 0. The first-order valence-electron chi connectivity index (χ1n) is 4.91. The Bertz CT molecular complexity index is 375. The van der Waals surface area contributed by atoms with E-state index >= 15 is 0 Å². The van der Waals surface area contributed by atoms with Crippen LogP contribution in [0.5, 0.6) is 0 Å². The van der Waals surface area contributed by atoms with Crippen LogP contribution in [0.2, 0.25) is 0 Å². The Morgan fingerprint density at radius 2 is 2.33 bits per heavy atom. The van der Waals surface area contributed by atoms with Crippen LogP contribution >= 0.6 is 11.5 Å². The number of anilines is 1. The topological polar surface area (TPSA) is 66.3 Å². The van der Waals surface area contributed by atoms with Gasteiger partial charge in [-0.2, -0.15) is 4.37 Å². The van der Waals surface area contributed by atoms with Crippen molar-refractivity contribution in [3.63, 3.8) is 0 Å². The molecule has 5 nitrogen and oxygen atoms in total. The largest absolute Gasteiger partial charge is 0.480 e. The molecule has 1 saturated carbocycles. The SMILES string of the molecule is Cc1nsc(N(C2CC2)C(C)C(=O)O)n1. The van der Waals surface area contributed by atoms with Gasteiger partial charge in [0.05, 0.1) is 0 Å². The maximum absolute atomic E-state index is 11.0. The lowest BCUT2D eigenvalue weighted by molar-refractivity contribution is -0.138. The molecule has 1 heterocycles. The van der Waals surface area contributed by atoms with Crippen molar-refractivity contribution < 1.29 is 9.90 Å². The van der Waals surface area contributed by atoms with Crippen LogP contribution in [0, 0.1) is 6.92 Å². The first-order valence-corrected chi connectivity index (χ1v) is 5.68. The molecule has 1 N–H and O–H groups in total. The van der Waals surface area contributed by atoms with Gasteiger partial charge in [0.25, 0.3) is 0 Å². The fourth-order valence-electron chi connectivity index (χ4n) is 1.50. The van der Waals surface area contributed by atoms with E-state index in [1.165, 1.54) is 11.5 Å². The summed E-state index contributed by atoms with van der Waals surface area (Å²) in [6, 6.07) is -0.187. The van der Waals surface area contributed by atoms with Gasteiger partial charge in [-0.25, -0.2) is 9.78 Å². The number of carboxylic acid groups (broad SMARTS) is 1. The molecule has 1 unspecified atom stereocenters. The second-order valence-electron chi connectivity index (χ2n) is 3.78. The van der Waals surface area contributed by atoms with E-state index in [1.807, 2.05) is 11.8 Å². The molecule has 0 saturated heterocycles.